The van der Waals surface area contributed by atoms with Crippen LogP contribution in [0.15, 0.2) is 24.3 Å². The van der Waals surface area contributed by atoms with Crippen molar-refractivity contribution in [2.24, 2.45) is 5.41 Å². The van der Waals surface area contributed by atoms with Gasteiger partial charge in [0.05, 0.1) is 13.7 Å². The third kappa shape index (κ3) is 4.00. The summed E-state index contributed by atoms with van der Waals surface area (Å²) in [4.78, 5) is 2.20. The Morgan fingerprint density at radius 1 is 1.22 bits per heavy atom. The number of hydrogen-bond acceptors (Lipinski definition) is 3. The Morgan fingerprint density at radius 3 is 2.17 bits per heavy atom. The highest BCUT2D eigenvalue weighted by Crippen LogP contribution is 2.24. The molecule has 0 saturated heterocycles. The van der Waals surface area contributed by atoms with Crippen LogP contribution in [0.1, 0.15) is 26.3 Å². The van der Waals surface area contributed by atoms with Crippen molar-refractivity contribution in [3.8, 4) is 5.75 Å². The van der Waals surface area contributed by atoms with Crippen LogP contribution in [0, 0.1) is 5.41 Å². The molecule has 0 fully saturated rings. The Balaban J connectivity index is 2.70. The molecule has 1 aromatic carbocycles. The highest BCUT2D eigenvalue weighted by molar-refractivity contribution is 5.27. The van der Waals surface area contributed by atoms with Crippen molar-refractivity contribution in [3.05, 3.63) is 29.8 Å². The summed E-state index contributed by atoms with van der Waals surface area (Å²) in [6.07, 6.45) is 0. The quantitative estimate of drug-likeness (QED) is 0.873. The fourth-order valence-electron chi connectivity index (χ4n) is 2.20. The van der Waals surface area contributed by atoms with Crippen LogP contribution in [0.3, 0.4) is 0 Å². The lowest BCUT2D eigenvalue weighted by Gasteiger charge is -2.36. The molecule has 0 bridgehead atoms. The van der Waals surface area contributed by atoms with Gasteiger partial charge in [-0.3, -0.25) is 4.90 Å². The first-order chi connectivity index (χ1) is 8.38. The molecule has 18 heavy (non-hydrogen) atoms. The molecule has 0 amide bonds. The van der Waals surface area contributed by atoms with E-state index in [-0.39, 0.29) is 18.1 Å². The molecular weight excluding hydrogens is 226 g/mol. The lowest BCUT2D eigenvalue weighted by atomic mass is 9.86. The zero-order chi connectivity index (χ0) is 13.8. The molecule has 0 aliphatic rings. The fraction of sp³-hybridized carbons (Fsp3) is 0.600. The van der Waals surface area contributed by atoms with E-state index < -0.39 is 0 Å². The van der Waals surface area contributed by atoms with Crippen LogP contribution in [0.2, 0.25) is 0 Å². The number of ether oxygens (including phenoxy) is 1. The molecule has 0 radical (unpaired) electrons. The first-order valence-corrected chi connectivity index (χ1v) is 6.32. The van der Waals surface area contributed by atoms with Gasteiger partial charge in [0.1, 0.15) is 5.75 Å². The van der Waals surface area contributed by atoms with Crippen molar-refractivity contribution in [2.45, 2.75) is 33.4 Å². The van der Waals surface area contributed by atoms with Crippen molar-refractivity contribution < 1.29 is 9.84 Å². The summed E-state index contributed by atoms with van der Waals surface area (Å²) in [5.74, 6) is 0.871. The second kappa shape index (κ2) is 6.21. The lowest BCUT2D eigenvalue weighted by molar-refractivity contribution is 0.0614. The summed E-state index contributed by atoms with van der Waals surface area (Å²) in [6.45, 7) is 7.46. The molecular formula is C15H25NO2. The number of aliphatic hydroxyl groups is 1. The van der Waals surface area contributed by atoms with Crippen LogP contribution in [-0.4, -0.2) is 36.8 Å². The van der Waals surface area contributed by atoms with Crippen molar-refractivity contribution in [1.29, 1.82) is 0 Å². The number of benzene rings is 1. The molecule has 0 saturated carbocycles. The van der Waals surface area contributed by atoms with Crippen molar-refractivity contribution in [2.75, 3.05) is 20.8 Å². The van der Waals surface area contributed by atoms with E-state index >= 15 is 0 Å². The molecule has 3 heteroatoms. The molecule has 1 aromatic rings. The Kier molecular flexibility index (Phi) is 5.17. The van der Waals surface area contributed by atoms with Gasteiger partial charge in [-0.05, 0) is 30.2 Å². The summed E-state index contributed by atoms with van der Waals surface area (Å²) in [5.41, 5.74) is 1.29. The van der Waals surface area contributed by atoms with Crippen LogP contribution < -0.4 is 4.74 Å². The molecule has 0 aliphatic heterocycles. The van der Waals surface area contributed by atoms with Crippen LogP contribution in [0.25, 0.3) is 0 Å². The minimum Gasteiger partial charge on any atom is -0.497 e. The van der Waals surface area contributed by atoms with Gasteiger partial charge in [-0.2, -0.15) is 0 Å². The highest BCUT2D eigenvalue weighted by atomic mass is 16.5. The molecule has 3 nitrogen and oxygen atoms in total. The number of hydrogen-bond donors (Lipinski definition) is 1. The monoisotopic (exact) mass is 251 g/mol. The zero-order valence-corrected chi connectivity index (χ0v) is 12.1. The molecule has 1 atom stereocenters. The molecule has 1 N–H and O–H groups in total. The normalized spacial score (nSPS) is 13.7. The van der Waals surface area contributed by atoms with Crippen LogP contribution in [0.4, 0.5) is 0 Å². The number of likely N-dealkylation sites (N-methyl/N-ethyl adjacent to an activating group) is 1. The molecule has 0 heterocycles. The average Bonchev–Trinajstić information content (AvgIpc) is 2.29. The standard InChI is InChI=1S/C15H25NO2/c1-15(2,3)14(11-17)16(4)10-12-6-8-13(18-5)9-7-12/h6-9,14,17H,10-11H2,1-5H3. The van der Waals surface area contributed by atoms with Gasteiger partial charge in [0.25, 0.3) is 0 Å². The third-order valence-corrected chi connectivity index (χ3v) is 3.30. The van der Waals surface area contributed by atoms with Gasteiger partial charge in [0.2, 0.25) is 0 Å². The Labute approximate surface area is 110 Å². The van der Waals surface area contributed by atoms with E-state index in [1.54, 1.807) is 7.11 Å². The summed E-state index contributed by atoms with van der Waals surface area (Å²) in [7, 11) is 3.72. The smallest absolute Gasteiger partial charge is 0.118 e. The fourth-order valence-corrected chi connectivity index (χ4v) is 2.20. The van der Waals surface area contributed by atoms with Crippen molar-refractivity contribution >= 4 is 0 Å². The van der Waals surface area contributed by atoms with Crippen LogP contribution in [0.5, 0.6) is 5.75 Å². The van der Waals surface area contributed by atoms with Crippen molar-refractivity contribution in [3.63, 3.8) is 0 Å². The topological polar surface area (TPSA) is 32.7 Å². The lowest BCUT2D eigenvalue weighted by Crippen LogP contribution is -2.43. The number of nitrogens with zero attached hydrogens (tertiary/aromatic N) is 1. The first kappa shape index (κ1) is 15.0. The molecule has 0 spiro atoms. The van der Waals surface area contributed by atoms with Crippen molar-refractivity contribution in [1.82, 2.24) is 4.90 Å². The summed E-state index contributed by atoms with van der Waals surface area (Å²) >= 11 is 0. The average molecular weight is 251 g/mol. The molecule has 1 unspecified atom stereocenters. The van der Waals surface area contributed by atoms with E-state index in [9.17, 15) is 5.11 Å². The predicted octanol–water partition coefficient (Wildman–Crippen LogP) is 2.53. The molecule has 0 aliphatic carbocycles. The van der Waals surface area contributed by atoms with Crippen LogP contribution >= 0.6 is 0 Å². The Morgan fingerprint density at radius 2 is 1.78 bits per heavy atom. The van der Waals surface area contributed by atoms with E-state index in [1.165, 1.54) is 5.56 Å². The molecule has 102 valence electrons. The summed E-state index contributed by atoms with van der Waals surface area (Å²) in [6, 6.07) is 8.21. The highest BCUT2D eigenvalue weighted by Gasteiger charge is 2.27. The maximum absolute atomic E-state index is 9.53. The van der Waals surface area contributed by atoms with Gasteiger partial charge in [0.15, 0.2) is 0 Å². The second-order valence-corrected chi connectivity index (χ2v) is 5.83. The third-order valence-electron chi connectivity index (χ3n) is 3.30. The van der Waals surface area contributed by atoms with Gasteiger partial charge in [-0.1, -0.05) is 32.9 Å². The maximum atomic E-state index is 9.53. The maximum Gasteiger partial charge on any atom is 0.118 e. The van der Waals surface area contributed by atoms with Gasteiger partial charge < -0.3 is 9.84 Å². The van der Waals surface area contributed by atoms with E-state index in [2.05, 4.69) is 44.9 Å². The summed E-state index contributed by atoms with van der Waals surface area (Å²) < 4.78 is 5.14. The molecule has 0 aromatic heterocycles. The van der Waals surface area contributed by atoms with Gasteiger partial charge in [0, 0.05) is 12.6 Å². The number of aliphatic hydroxyl groups excluding tert-OH is 1. The van der Waals surface area contributed by atoms with E-state index in [0.717, 1.165) is 12.3 Å². The van der Waals surface area contributed by atoms with E-state index in [1.807, 2.05) is 12.1 Å². The zero-order valence-electron chi connectivity index (χ0n) is 12.1. The minimum absolute atomic E-state index is 0.0654. The Hall–Kier alpha value is -1.06. The SMILES string of the molecule is COc1ccc(CN(C)C(CO)C(C)(C)C)cc1. The number of rotatable bonds is 5. The summed E-state index contributed by atoms with van der Waals surface area (Å²) in [5, 5.41) is 9.53. The minimum atomic E-state index is 0.0654. The number of methoxy groups -OCH3 is 1. The second-order valence-electron chi connectivity index (χ2n) is 5.83. The van der Waals surface area contributed by atoms with Gasteiger partial charge in [-0.15, -0.1) is 0 Å². The largest absolute Gasteiger partial charge is 0.497 e. The van der Waals surface area contributed by atoms with Crippen LogP contribution in [-0.2, 0) is 6.54 Å². The first-order valence-electron chi connectivity index (χ1n) is 6.32. The Bertz CT molecular complexity index is 354. The molecule has 1 rings (SSSR count). The van der Waals surface area contributed by atoms with Gasteiger partial charge >= 0.3 is 0 Å². The van der Waals surface area contributed by atoms with E-state index in [0.29, 0.717) is 0 Å². The van der Waals surface area contributed by atoms with E-state index in [4.69, 9.17) is 4.74 Å². The van der Waals surface area contributed by atoms with Gasteiger partial charge in [-0.25, -0.2) is 0 Å². The predicted molar refractivity (Wildman–Crippen MR) is 74.8 cm³/mol.